The molecule has 14 heteroatoms. The van der Waals surface area contributed by atoms with Crippen LogP contribution in [0.1, 0.15) is 68.1 Å². The molecule has 0 spiro atoms. The SMILES string of the molecule is O=C(O)C12CCC(C(=O)N3CC[C@@]4(S(=O)(=O)c5ccccc5)c5ccc(C(F)(C(F)(F)F)C(F)(F)F)cc5CC[C@@H]34)(CC1)CC2. The minimum Gasteiger partial charge on any atom is -0.481 e. The molecule has 1 amide bonds. The molecule has 0 aromatic heterocycles. The van der Waals surface area contributed by atoms with Gasteiger partial charge in [-0.3, -0.25) is 9.59 Å². The summed E-state index contributed by atoms with van der Waals surface area (Å²) in [6.07, 6.45) is -11.3. The van der Waals surface area contributed by atoms with E-state index >= 15 is 4.39 Å². The maximum Gasteiger partial charge on any atom is 0.435 e. The standard InChI is InChI=1S/C31H30F7NO5S/c32-29(30(33,34)35,31(36,37)38)20-7-8-22-19(18-20)6-9-23-28(22,45(43,44)21-4-2-1-3-5-21)16-17-39(23)24(40)26-10-13-27(14-11-26,15-12-26)25(41)42/h1-5,7-8,18,23H,6,9-17H2,(H,41,42)/t23-,26?,27?,28-/m1/s1. The molecule has 4 aliphatic carbocycles. The Kier molecular flexibility index (Phi) is 7.01. The predicted octanol–water partition coefficient (Wildman–Crippen LogP) is 6.62. The van der Waals surface area contributed by atoms with E-state index in [1.807, 2.05) is 0 Å². The summed E-state index contributed by atoms with van der Waals surface area (Å²) >= 11 is 0. The normalized spacial score (nSPS) is 30.1. The number of sulfone groups is 1. The smallest absolute Gasteiger partial charge is 0.435 e. The van der Waals surface area contributed by atoms with Gasteiger partial charge in [0.15, 0.2) is 9.84 Å². The highest BCUT2D eigenvalue weighted by atomic mass is 32.2. The van der Waals surface area contributed by atoms with E-state index in [-0.39, 0.29) is 47.7 Å². The zero-order chi connectivity index (χ0) is 32.8. The minimum absolute atomic E-state index is 0.0409. The van der Waals surface area contributed by atoms with Crippen LogP contribution in [0, 0.1) is 10.8 Å². The molecule has 2 aromatic rings. The molecule has 5 aliphatic rings. The van der Waals surface area contributed by atoms with Gasteiger partial charge in [0.2, 0.25) is 5.91 Å². The molecule has 6 nitrogen and oxygen atoms in total. The molecular weight excluding hydrogens is 631 g/mol. The number of alkyl halides is 7. The second-order valence-corrected chi connectivity index (χ2v) is 15.1. The number of fused-ring (bicyclic) bond motifs is 6. The topological polar surface area (TPSA) is 91.8 Å². The number of likely N-dealkylation sites (tertiary alicyclic amines) is 1. The maximum atomic E-state index is 15.0. The Labute approximate surface area is 254 Å². The van der Waals surface area contributed by atoms with Gasteiger partial charge in [-0.05, 0) is 81.0 Å². The van der Waals surface area contributed by atoms with Gasteiger partial charge in [0.25, 0.3) is 0 Å². The van der Waals surface area contributed by atoms with Crippen LogP contribution in [0.25, 0.3) is 0 Å². The third kappa shape index (κ3) is 4.22. The third-order valence-corrected chi connectivity index (χ3v) is 13.6. The number of halogens is 7. The zero-order valence-electron chi connectivity index (χ0n) is 23.8. The lowest BCUT2D eigenvalue weighted by molar-refractivity contribution is -0.348. The first kappa shape index (κ1) is 31.8. The van der Waals surface area contributed by atoms with Gasteiger partial charge in [0, 0.05) is 17.5 Å². The van der Waals surface area contributed by atoms with Crippen LogP contribution in [0.4, 0.5) is 30.7 Å². The van der Waals surface area contributed by atoms with Crippen molar-refractivity contribution in [2.45, 2.75) is 91.5 Å². The highest BCUT2D eigenvalue weighted by molar-refractivity contribution is 7.92. The second kappa shape index (κ2) is 9.92. The van der Waals surface area contributed by atoms with Gasteiger partial charge < -0.3 is 10.0 Å². The van der Waals surface area contributed by atoms with E-state index in [4.69, 9.17) is 0 Å². The molecule has 4 fully saturated rings. The fraction of sp³-hybridized carbons (Fsp3) is 0.548. The number of benzene rings is 2. The van der Waals surface area contributed by atoms with Crippen molar-refractivity contribution in [2.75, 3.05) is 6.54 Å². The summed E-state index contributed by atoms with van der Waals surface area (Å²) in [7, 11) is -4.42. The lowest BCUT2D eigenvalue weighted by Gasteiger charge is -2.52. The molecule has 0 radical (unpaired) electrons. The molecule has 2 bridgehead atoms. The number of rotatable bonds is 5. The highest BCUT2D eigenvalue weighted by Gasteiger charge is 2.74. The van der Waals surface area contributed by atoms with Crippen LogP contribution in [0.15, 0.2) is 53.4 Å². The predicted molar refractivity (Wildman–Crippen MR) is 145 cm³/mol. The van der Waals surface area contributed by atoms with Crippen LogP contribution in [-0.2, 0) is 36.3 Å². The summed E-state index contributed by atoms with van der Waals surface area (Å²) in [5.41, 5.74) is -9.37. The van der Waals surface area contributed by atoms with Crippen molar-refractivity contribution in [1.82, 2.24) is 4.90 Å². The lowest BCUT2D eigenvalue weighted by Crippen LogP contribution is -2.57. The Morgan fingerprint density at radius 3 is 1.89 bits per heavy atom. The number of carboxylic acids is 1. The third-order valence-electron chi connectivity index (χ3n) is 11.0. The number of aliphatic carboxylic acids is 1. The summed E-state index contributed by atoms with van der Waals surface area (Å²) in [6, 6.07) is 7.86. The van der Waals surface area contributed by atoms with E-state index in [1.165, 1.54) is 29.2 Å². The van der Waals surface area contributed by atoms with Crippen molar-refractivity contribution < 1.29 is 53.8 Å². The molecule has 7 rings (SSSR count). The zero-order valence-corrected chi connectivity index (χ0v) is 24.7. The number of amides is 1. The fourth-order valence-corrected chi connectivity index (χ4v) is 10.8. The van der Waals surface area contributed by atoms with Gasteiger partial charge in [-0.15, -0.1) is 0 Å². The van der Waals surface area contributed by atoms with Crippen LogP contribution in [-0.4, -0.2) is 55.2 Å². The van der Waals surface area contributed by atoms with Gasteiger partial charge in [-0.1, -0.05) is 36.4 Å². The van der Waals surface area contributed by atoms with E-state index in [2.05, 4.69) is 0 Å². The van der Waals surface area contributed by atoms with Crippen molar-refractivity contribution in [2.24, 2.45) is 10.8 Å². The monoisotopic (exact) mass is 661 g/mol. The summed E-state index contributed by atoms with van der Waals surface area (Å²) in [5.74, 6) is -1.22. The average molecular weight is 662 g/mol. The lowest BCUT2D eigenvalue weighted by atomic mass is 9.53. The van der Waals surface area contributed by atoms with Crippen LogP contribution < -0.4 is 0 Å². The molecule has 1 heterocycles. The van der Waals surface area contributed by atoms with Crippen LogP contribution in [0.2, 0.25) is 0 Å². The van der Waals surface area contributed by atoms with Crippen molar-refractivity contribution in [3.63, 3.8) is 0 Å². The van der Waals surface area contributed by atoms with E-state index in [9.17, 15) is 49.5 Å². The van der Waals surface area contributed by atoms with Gasteiger partial charge in [0.05, 0.1) is 16.4 Å². The van der Waals surface area contributed by atoms with E-state index in [0.29, 0.717) is 50.7 Å². The van der Waals surface area contributed by atoms with Crippen LogP contribution in [0.3, 0.4) is 0 Å². The number of carboxylic acid groups (broad SMARTS) is 1. The summed E-state index contributed by atoms with van der Waals surface area (Å²) in [4.78, 5) is 27.6. The van der Waals surface area contributed by atoms with Gasteiger partial charge >= 0.3 is 24.0 Å². The van der Waals surface area contributed by atoms with Crippen LogP contribution in [0.5, 0.6) is 0 Å². The first-order valence-corrected chi connectivity index (χ1v) is 16.2. The maximum absolute atomic E-state index is 15.0. The van der Waals surface area contributed by atoms with Crippen molar-refractivity contribution >= 4 is 21.7 Å². The van der Waals surface area contributed by atoms with E-state index in [1.54, 1.807) is 6.07 Å². The molecule has 244 valence electrons. The van der Waals surface area contributed by atoms with Gasteiger partial charge in [0.1, 0.15) is 4.75 Å². The number of aryl methyl sites for hydroxylation is 1. The number of hydrogen-bond donors (Lipinski definition) is 1. The number of carbonyl (C=O) groups is 2. The van der Waals surface area contributed by atoms with Crippen molar-refractivity contribution in [1.29, 1.82) is 0 Å². The van der Waals surface area contributed by atoms with Crippen molar-refractivity contribution in [3.05, 3.63) is 65.2 Å². The van der Waals surface area contributed by atoms with Crippen molar-refractivity contribution in [3.8, 4) is 0 Å². The molecule has 2 aromatic carbocycles. The second-order valence-electron chi connectivity index (χ2n) is 12.9. The molecule has 0 unspecified atom stereocenters. The van der Waals surface area contributed by atoms with Gasteiger partial charge in [-0.2, -0.15) is 26.3 Å². The quantitative estimate of drug-likeness (QED) is 0.364. The van der Waals surface area contributed by atoms with E-state index in [0.717, 1.165) is 6.07 Å². The molecule has 2 atom stereocenters. The Morgan fingerprint density at radius 2 is 1.36 bits per heavy atom. The Bertz CT molecular complexity index is 1620. The average Bonchev–Trinajstić information content (AvgIpc) is 3.41. The minimum atomic E-state index is -6.33. The Hall–Kier alpha value is -3.16. The summed E-state index contributed by atoms with van der Waals surface area (Å²) < 4.78 is 124. The summed E-state index contributed by atoms with van der Waals surface area (Å²) in [5, 5.41) is 9.78. The Balaban J connectivity index is 1.46. The molecule has 45 heavy (non-hydrogen) atoms. The number of carbonyl (C=O) groups excluding carboxylic acids is 1. The number of nitrogens with zero attached hydrogens (tertiary/aromatic N) is 1. The highest BCUT2D eigenvalue weighted by Crippen LogP contribution is 2.61. The first-order valence-electron chi connectivity index (χ1n) is 14.7. The first-order chi connectivity index (χ1) is 20.9. The molecule has 3 saturated carbocycles. The summed E-state index contributed by atoms with van der Waals surface area (Å²) in [6.45, 7) is -0.0409. The van der Waals surface area contributed by atoms with Gasteiger partial charge in [-0.25, -0.2) is 12.8 Å². The Morgan fingerprint density at radius 1 is 0.800 bits per heavy atom. The van der Waals surface area contributed by atoms with Crippen LogP contribution >= 0.6 is 0 Å². The van der Waals surface area contributed by atoms with E-state index < -0.39 is 61.0 Å². The fourth-order valence-electron chi connectivity index (χ4n) is 8.41. The molecular formula is C31H30F7NO5S. The largest absolute Gasteiger partial charge is 0.481 e. The number of hydrogen-bond acceptors (Lipinski definition) is 4. The molecule has 1 N–H and O–H groups in total. The molecule has 1 aliphatic heterocycles. The molecule has 1 saturated heterocycles.